The second-order valence-electron chi connectivity index (χ2n) is 12.6. The number of halogens is 2. The standard InChI is InChI=1S/C34H36I2N2O5/c1-20-31(33(2,3)42)29(16-30(40)37-18-23-7-5-4-6-22(23)14-26(37)19-39)43-34(20)27-15-25(36)12-13-28(27)38(32(34)41)17-21-8-10-24(35)11-9-21/h4-13,15,20,26,29,31,39,42H,14,16-19H2,1-3H3/t20-,26+,29+,31-,34+/m1/s1. The molecule has 5 atom stereocenters. The van der Waals surface area contributed by atoms with Gasteiger partial charge in [-0.05, 0) is 112 Å². The Kier molecular flexibility index (Phi) is 8.42. The molecule has 0 aromatic heterocycles. The Morgan fingerprint density at radius 1 is 1.05 bits per heavy atom. The highest BCUT2D eigenvalue weighted by Crippen LogP contribution is 2.58. The summed E-state index contributed by atoms with van der Waals surface area (Å²) < 4.78 is 8.98. The second-order valence-corrected chi connectivity index (χ2v) is 15.1. The maximum absolute atomic E-state index is 14.6. The molecule has 3 aliphatic heterocycles. The minimum Gasteiger partial charge on any atom is -0.394 e. The lowest BCUT2D eigenvalue weighted by Crippen LogP contribution is -2.48. The number of hydrogen-bond donors (Lipinski definition) is 2. The zero-order valence-corrected chi connectivity index (χ0v) is 28.8. The smallest absolute Gasteiger partial charge is 0.264 e. The van der Waals surface area contributed by atoms with Crippen molar-refractivity contribution >= 4 is 62.7 Å². The summed E-state index contributed by atoms with van der Waals surface area (Å²) in [5.74, 6) is -1.22. The van der Waals surface area contributed by atoms with Crippen LogP contribution in [0.4, 0.5) is 5.69 Å². The van der Waals surface area contributed by atoms with Crippen LogP contribution in [-0.2, 0) is 39.4 Å². The van der Waals surface area contributed by atoms with Gasteiger partial charge in [0.2, 0.25) is 5.91 Å². The van der Waals surface area contributed by atoms with Crippen molar-refractivity contribution in [3.63, 3.8) is 0 Å². The minimum atomic E-state index is -1.33. The Bertz CT molecular complexity index is 1560. The van der Waals surface area contributed by atoms with Gasteiger partial charge < -0.3 is 24.7 Å². The van der Waals surface area contributed by atoms with E-state index in [1.54, 1.807) is 23.6 Å². The number of nitrogens with zero attached hydrogens (tertiary/aromatic N) is 2. The van der Waals surface area contributed by atoms with Gasteiger partial charge in [0.15, 0.2) is 5.60 Å². The van der Waals surface area contributed by atoms with E-state index in [1.165, 1.54) is 0 Å². The summed E-state index contributed by atoms with van der Waals surface area (Å²) in [5.41, 5.74) is 2.24. The molecule has 3 aliphatic rings. The van der Waals surface area contributed by atoms with Crippen LogP contribution in [0.1, 0.15) is 49.4 Å². The van der Waals surface area contributed by atoms with Crippen molar-refractivity contribution in [2.45, 2.75) is 70.1 Å². The molecule has 2 N–H and O–H groups in total. The van der Waals surface area contributed by atoms with Gasteiger partial charge >= 0.3 is 0 Å². The van der Waals surface area contributed by atoms with Crippen molar-refractivity contribution in [1.29, 1.82) is 0 Å². The Hall–Kier alpha value is -2.06. The number of carbonyl (C=O) groups excluding carboxylic acids is 2. The lowest BCUT2D eigenvalue weighted by molar-refractivity contribution is -0.151. The average Bonchev–Trinajstić information content (AvgIpc) is 3.39. The molecule has 9 heteroatoms. The molecule has 1 spiro atoms. The first kappa shape index (κ1) is 30.9. The predicted octanol–water partition coefficient (Wildman–Crippen LogP) is 5.40. The SMILES string of the molecule is C[C@@H]1[C@@H](C(C)(C)O)[C@H](CC(=O)N2Cc3ccccc3C[C@H]2CO)O[C@@]12C(=O)N(Cc1ccc(I)cc1)c1ccc(I)cc12. The summed E-state index contributed by atoms with van der Waals surface area (Å²) in [6.07, 6.45) is -0.119. The van der Waals surface area contributed by atoms with E-state index < -0.39 is 29.1 Å². The first-order valence-electron chi connectivity index (χ1n) is 14.7. The molecule has 0 bridgehead atoms. The molecular formula is C34H36I2N2O5. The fourth-order valence-electron chi connectivity index (χ4n) is 7.51. The summed E-state index contributed by atoms with van der Waals surface area (Å²) in [7, 11) is 0. The first-order chi connectivity index (χ1) is 20.4. The number of aliphatic hydroxyl groups excluding tert-OH is 1. The van der Waals surface area contributed by atoms with E-state index in [2.05, 4.69) is 45.2 Å². The molecule has 3 heterocycles. The number of rotatable bonds is 6. The van der Waals surface area contributed by atoms with Crippen molar-refractivity contribution in [2.24, 2.45) is 11.8 Å². The first-order valence-corrected chi connectivity index (χ1v) is 16.8. The zero-order valence-electron chi connectivity index (χ0n) is 24.5. The van der Waals surface area contributed by atoms with Gasteiger partial charge in [-0.1, -0.05) is 43.3 Å². The fraction of sp³-hybridized carbons (Fsp3) is 0.412. The van der Waals surface area contributed by atoms with Gasteiger partial charge in [0.25, 0.3) is 5.91 Å². The van der Waals surface area contributed by atoms with Crippen LogP contribution < -0.4 is 4.90 Å². The largest absolute Gasteiger partial charge is 0.394 e. The lowest BCUT2D eigenvalue weighted by Gasteiger charge is -2.38. The van der Waals surface area contributed by atoms with Gasteiger partial charge in [-0.15, -0.1) is 0 Å². The maximum Gasteiger partial charge on any atom is 0.264 e. The van der Waals surface area contributed by atoms with E-state index in [4.69, 9.17) is 4.74 Å². The summed E-state index contributed by atoms with van der Waals surface area (Å²) in [6, 6.07) is 21.7. The van der Waals surface area contributed by atoms with Gasteiger partial charge in [-0.2, -0.15) is 0 Å². The number of carbonyl (C=O) groups is 2. The van der Waals surface area contributed by atoms with E-state index in [9.17, 15) is 19.8 Å². The van der Waals surface area contributed by atoms with E-state index in [1.807, 2.05) is 73.7 Å². The topological polar surface area (TPSA) is 90.3 Å². The highest BCUT2D eigenvalue weighted by Gasteiger charge is 2.66. The third kappa shape index (κ3) is 5.43. The molecule has 0 aliphatic carbocycles. The van der Waals surface area contributed by atoms with Crippen LogP contribution in [0, 0.1) is 19.0 Å². The number of benzene rings is 3. The van der Waals surface area contributed by atoms with E-state index >= 15 is 0 Å². The van der Waals surface area contributed by atoms with Gasteiger partial charge in [-0.3, -0.25) is 9.59 Å². The molecule has 0 saturated carbocycles. The molecule has 7 nitrogen and oxygen atoms in total. The number of amides is 2. The molecule has 3 aromatic carbocycles. The van der Waals surface area contributed by atoms with E-state index in [0.717, 1.165) is 35.1 Å². The quantitative estimate of drug-likeness (QED) is 0.327. The molecule has 43 heavy (non-hydrogen) atoms. The second kappa shape index (κ2) is 11.7. The van der Waals surface area contributed by atoms with E-state index in [0.29, 0.717) is 19.5 Å². The van der Waals surface area contributed by atoms with Crippen LogP contribution in [-0.4, -0.2) is 51.3 Å². The van der Waals surface area contributed by atoms with Crippen molar-refractivity contribution in [3.8, 4) is 0 Å². The molecule has 1 saturated heterocycles. The number of fused-ring (bicyclic) bond motifs is 3. The molecule has 0 radical (unpaired) electrons. The molecule has 2 amide bonds. The van der Waals surface area contributed by atoms with Crippen LogP contribution >= 0.6 is 45.2 Å². The van der Waals surface area contributed by atoms with Crippen molar-refractivity contribution in [1.82, 2.24) is 4.90 Å². The number of ether oxygens (including phenoxy) is 1. The molecule has 3 aromatic rings. The number of hydrogen-bond acceptors (Lipinski definition) is 5. The normalized spacial score (nSPS) is 26.6. The maximum atomic E-state index is 14.6. The molecule has 0 unspecified atom stereocenters. The Morgan fingerprint density at radius 3 is 2.40 bits per heavy atom. The molecule has 226 valence electrons. The van der Waals surface area contributed by atoms with Crippen molar-refractivity contribution < 1.29 is 24.5 Å². The third-order valence-electron chi connectivity index (χ3n) is 9.46. The van der Waals surface area contributed by atoms with Gasteiger partial charge in [0, 0.05) is 31.1 Å². The van der Waals surface area contributed by atoms with Gasteiger partial charge in [-0.25, -0.2) is 0 Å². The Balaban J connectivity index is 1.35. The van der Waals surface area contributed by atoms with Gasteiger partial charge in [0.1, 0.15) is 0 Å². The predicted molar refractivity (Wildman–Crippen MR) is 181 cm³/mol. The summed E-state index contributed by atoms with van der Waals surface area (Å²) in [6.45, 7) is 6.10. The fourth-order valence-corrected chi connectivity index (χ4v) is 8.36. The van der Waals surface area contributed by atoms with E-state index in [-0.39, 0.29) is 30.9 Å². The minimum absolute atomic E-state index is 0.00305. The summed E-state index contributed by atoms with van der Waals surface area (Å²) in [5, 5.41) is 21.7. The van der Waals surface area contributed by atoms with Crippen LogP contribution in [0.15, 0.2) is 66.7 Å². The molecule has 1 fully saturated rings. The molecular weight excluding hydrogens is 770 g/mol. The molecule has 6 rings (SSSR count). The third-order valence-corrected chi connectivity index (χ3v) is 10.9. The number of anilines is 1. The van der Waals surface area contributed by atoms with Crippen LogP contribution in [0.5, 0.6) is 0 Å². The highest BCUT2D eigenvalue weighted by molar-refractivity contribution is 14.1. The van der Waals surface area contributed by atoms with Crippen LogP contribution in [0.2, 0.25) is 0 Å². The summed E-state index contributed by atoms with van der Waals surface area (Å²) >= 11 is 4.52. The summed E-state index contributed by atoms with van der Waals surface area (Å²) in [4.78, 5) is 32.1. The Morgan fingerprint density at radius 2 is 1.72 bits per heavy atom. The Labute approximate surface area is 279 Å². The number of aliphatic hydroxyl groups is 2. The van der Waals surface area contributed by atoms with Crippen molar-refractivity contribution in [3.05, 3.63) is 96.1 Å². The highest BCUT2D eigenvalue weighted by atomic mass is 127. The zero-order chi connectivity index (χ0) is 30.7. The monoisotopic (exact) mass is 806 g/mol. The van der Waals surface area contributed by atoms with Crippen LogP contribution in [0.25, 0.3) is 0 Å². The average molecular weight is 806 g/mol. The van der Waals surface area contributed by atoms with Gasteiger partial charge in [0.05, 0.1) is 43.0 Å². The van der Waals surface area contributed by atoms with Crippen LogP contribution in [0.3, 0.4) is 0 Å². The van der Waals surface area contributed by atoms with Crippen molar-refractivity contribution in [2.75, 3.05) is 11.5 Å². The lowest BCUT2D eigenvalue weighted by atomic mass is 9.70.